The molecule has 96 valence electrons. The second kappa shape index (κ2) is 4.67. The summed E-state index contributed by atoms with van der Waals surface area (Å²) in [7, 11) is -3.49. The molecule has 0 aliphatic heterocycles. The Bertz CT molecular complexity index is 780. The van der Waals surface area contributed by atoms with Crippen molar-refractivity contribution in [3.05, 3.63) is 48.5 Å². The van der Waals surface area contributed by atoms with E-state index in [9.17, 15) is 8.42 Å². The molecular weight excluding hydrogens is 282 g/mol. The SMILES string of the molecule is O=S(=O)(Cc1ncccn1)c1nc2ccccc2s1. The van der Waals surface area contributed by atoms with E-state index in [1.165, 1.54) is 23.7 Å². The highest BCUT2D eigenvalue weighted by Gasteiger charge is 2.21. The number of fused-ring (bicyclic) bond motifs is 1. The number of benzene rings is 1. The summed E-state index contributed by atoms with van der Waals surface area (Å²) in [5, 5.41) is 0. The molecule has 0 spiro atoms. The van der Waals surface area contributed by atoms with Gasteiger partial charge in [0.25, 0.3) is 0 Å². The normalized spacial score (nSPS) is 11.8. The van der Waals surface area contributed by atoms with Crippen LogP contribution in [0.25, 0.3) is 10.2 Å². The Hall–Kier alpha value is -1.86. The highest BCUT2D eigenvalue weighted by atomic mass is 32.2. The van der Waals surface area contributed by atoms with Crippen LogP contribution < -0.4 is 0 Å². The molecule has 0 fully saturated rings. The van der Waals surface area contributed by atoms with E-state index in [4.69, 9.17) is 0 Å². The fraction of sp³-hybridized carbons (Fsp3) is 0.0833. The number of hydrogen-bond donors (Lipinski definition) is 0. The highest BCUT2D eigenvalue weighted by Crippen LogP contribution is 2.26. The van der Waals surface area contributed by atoms with Crippen LogP contribution in [-0.4, -0.2) is 23.4 Å². The molecule has 0 radical (unpaired) electrons. The summed E-state index contributed by atoms with van der Waals surface area (Å²) in [4.78, 5) is 12.0. The molecule has 5 nitrogen and oxygen atoms in total. The minimum absolute atomic E-state index is 0.112. The second-order valence-electron chi connectivity index (χ2n) is 3.87. The van der Waals surface area contributed by atoms with Crippen molar-refractivity contribution < 1.29 is 8.42 Å². The first-order valence-electron chi connectivity index (χ1n) is 5.49. The van der Waals surface area contributed by atoms with Gasteiger partial charge in [0.15, 0.2) is 0 Å². The molecule has 3 aromatic rings. The van der Waals surface area contributed by atoms with Crippen LogP contribution in [0, 0.1) is 0 Å². The lowest BCUT2D eigenvalue weighted by molar-refractivity contribution is 0.593. The monoisotopic (exact) mass is 291 g/mol. The Kier molecular flexibility index (Phi) is 3.00. The average molecular weight is 291 g/mol. The standard InChI is InChI=1S/C12H9N3O2S2/c16-19(17,8-11-13-6-3-7-14-11)12-15-9-4-1-2-5-10(9)18-12/h1-7H,8H2. The van der Waals surface area contributed by atoms with Gasteiger partial charge in [0.1, 0.15) is 11.6 Å². The number of aromatic nitrogens is 3. The van der Waals surface area contributed by atoms with Crippen molar-refractivity contribution in [3.63, 3.8) is 0 Å². The zero-order valence-electron chi connectivity index (χ0n) is 9.72. The molecule has 1 aromatic carbocycles. The first kappa shape index (κ1) is 12.2. The zero-order chi connectivity index (χ0) is 13.3. The lowest BCUT2D eigenvalue weighted by Crippen LogP contribution is -2.07. The lowest BCUT2D eigenvalue weighted by atomic mass is 10.3. The smallest absolute Gasteiger partial charge is 0.212 e. The molecule has 7 heteroatoms. The van der Waals surface area contributed by atoms with Crippen LogP contribution in [0.15, 0.2) is 47.1 Å². The summed E-state index contributed by atoms with van der Waals surface area (Å²) in [6.07, 6.45) is 3.05. The van der Waals surface area contributed by atoms with E-state index < -0.39 is 9.84 Å². The minimum atomic E-state index is -3.49. The third-order valence-corrected chi connectivity index (χ3v) is 5.58. The van der Waals surface area contributed by atoms with Crippen molar-refractivity contribution in [1.29, 1.82) is 0 Å². The Morgan fingerprint density at radius 3 is 2.53 bits per heavy atom. The number of nitrogens with zero attached hydrogens (tertiary/aromatic N) is 3. The van der Waals surface area contributed by atoms with Gasteiger partial charge in [-0.1, -0.05) is 12.1 Å². The van der Waals surface area contributed by atoms with Gasteiger partial charge in [-0.3, -0.25) is 0 Å². The molecule has 0 aliphatic rings. The van der Waals surface area contributed by atoms with Gasteiger partial charge in [0.05, 0.1) is 10.2 Å². The summed E-state index contributed by atoms with van der Waals surface area (Å²) in [5.74, 6) is 0.0509. The second-order valence-corrected chi connectivity index (χ2v) is 7.07. The van der Waals surface area contributed by atoms with Crippen LogP contribution in [0.3, 0.4) is 0 Å². The van der Waals surface area contributed by atoms with E-state index in [1.54, 1.807) is 12.1 Å². The Morgan fingerprint density at radius 2 is 1.79 bits per heavy atom. The fourth-order valence-corrected chi connectivity index (χ4v) is 4.12. The van der Waals surface area contributed by atoms with Gasteiger partial charge in [0, 0.05) is 12.4 Å². The maximum Gasteiger partial charge on any atom is 0.212 e. The van der Waals surface area contributed by atoms with Crippen LogP contribution in [0.5, 0.6) is 0 Å². The van der Waals surface area contributed by atoms with Crippen LogP contribution in [0.1, 0.15) is 5.82 Å². The number of hydrogen-bond acceptors (Lipinski definition) is 6. The third kappa shape index (κ3) is 2.47. The van der Waals surface area contributed by atoms with Crippen LogP contribution in [0.4, 0.5) is 0 Å². The summed E-state index contributed by atoms with van der Waals surface area (Å²) < 4.78 is 25.4. The maximum atomic E-state index is 12.2. The van der Waals surface area contributed by atoms with Crippen molar-refractivity contribution in [3.8, 4) is 0 Å². The Morgan fingerprint density at radius 1 is 1.05 bits per heavy atom. The molecule has 0 saturated carbocycles. The van der Waals surface area contributed by atoms with Gasteiger partial charge in [-0.05, 0) is 18.2 Å². The molecule has 2 aromatic heterocycles. The van der Waals surface area contributed by atoms with Gasteiger partial charge in [-0.2, -0.15) is 0 Å². The molecule has 0 amide bonds. The van der Waals surface area contributed by atoms with Crippen molar-refractivity contribution >= 4 is 31.4 Å². The van der Waals surface area contributed by atoms with E-state index >= 15 is 0 Å². The largest absolute Gasteiger partial charge is 0.240 e. The molecule has 0 unspecified atom stereocenters. The molecule has 19 heavy (non-hydrogen) atoms. The molecule has 0 aliphatic carbocycles. The first-order valence-corrected chi connectivity index (χ1v) is 7.96. The van der Waals surface area contributed by atoms with Crippen LogP contribution >= 0.6 is 11.3 Å². The molecular formula is C12H9N3O2S2. The number of thiazole rings is 1. The predicted molar refractivity (Wildman–Crippen MR) is 72.5 cm³/mol. The van der Waals surface area contributed by atoms with Gasteiger partial charge < -0.3 is 0 Å². The van der Waals surface area contributed by atoms with Crippen molar-refractivity contribution in [1.82, 2.24) is 15.0 Å². The summed E-state index contributed by atoms with van der Waals surface area (Å²) >= 11 is 1.17. The van der Waals surface area contributed by atoms with E-state index in [1.807, 2.05) is 18.2 Å². The summed E-state index contributed by atoms with van der Waals surface area (Å²) in [5.41, 5.74) is 0.694. The quantitative estimate of drug-likeness (QED) is 0.738. The summed E-state index contributed by atoms with van der Waals surface area (Å²) in [6, 6.07) is 8.98. The Balaban J connectivity index is 2.00. The van der Waals surface area contributed by atoms with Crippen molar-refractivity contribution in [2.75, 3.05) is 0 Å². The van der Waals surface area contributed by atoms with Gasteiger partial charge >= 0.3 is 0 Å². The highest BCUT2D eigenvalue weighted by molar-refractivity contribution is 7.92. The number of sulfone groups is 1. The fourth-order valence-electron chi connectivity index (χ4n) is 1.62. The molecule has 3 rings (SSSR count). The van der Waals surface area contributed by atoms with Gasteiger partial charge in [0.2, 0.25) is 14.2 Å². The van der Waals surface area contributed by atoms with E-state index in [2.05, 4.69) is 15.0 Å². The molecule has 2 heterocycles. The first-order chi connectivity index (χ1) is 9.15. The zero-order valence-corrected chi connectivity index (χ0v) is 11.4. The molecule has 0 N–H and O–H groups in total. The maximum absolute atomic E-state index is 12.2. The van der Waals surface area contributed by atoms with Gasteiger partial charge in [-0.25, -0.2) is 23.4 Å². The third-order valence-electron chi connectivity index (χ3n) is 2.48. The Labute approximate surface area is 113 Å². The summed E-state index contributed by atoms with van der Waals surface area (Å²) in [6.45, 7) is 0. The van der Waals surface area contributed by atoms with Crippen LogP contribution in [-0.2, 0) is 15.6 Å². The molecule has 0 saturated heterocycles. The van der Waals surface area contributed by atoms with Crippen molar-refractivity contribution in [2.45, 2.75) is 10.1 Å². The van der Waals surface area contributed by atoms with Crippen LogP contribution in [0.2, 0.25) is 0 Å². The minimum Gasteiger partial charge on any atom is -0.240 e. The molecule has 0 bridgehead atoms. The van der Waals surface area contributed by atoms with E-state index in [-0.39, 0.29) is 15.9 Å². The topological polar surface area (TPSA) is 72.8 Å². The van der Waals surface area contributed by atoms with E-state index in [0.29, 0.717) is 5.52 Å². The van der Waals surface area contributed by atoms with Crippen molar-refractivity contribution in [2.24, 2.45) is 0 Å². The average Bonchev–Trinajstić information content (AvgIpc) is 2.84. The van der Waals surface area contributed by atoms with Gasteiger partial charge in [-0.15, -0.1) is 11.3 Å². The predicted octanol–water partition coefficient (Wildman–Crippen LogP) is 2.06. The number of rotatable bonds is 3. The molecule has 0 atom stereocenters. The lowest BCUT2D eigenvalue weighted by Gasteiger charge is -1.98. The van der Waals surface area contributed by atoms with E-state index in [0.717, 1.165) is 4.70 Å². The number of para-hydroxylation sites is 1.